The van der Waals surface area contributed by atoms with Crippen LogP contribution in [0.2, 0.25) is 5.02 Å². The Kier molecular flexibility index (Phi) is 4.06. The molecule has 0 heterocycles. The van der Waals surface area contributed by atoms with Crippen molar-refractivity contribution < 1.29 is 0 Å². The maximum absolute atomic E-state index is 6.17. The van der Waals surface area contributed by atoms with E-state index in [4.69, 9.17) is 11.6 Å². The second kappa shape index (κ2) is 5.54. The third-order valence-corrected chi connectivity index (χ3v) is 3.65. The summed E-state index contributed by atoms with van der Waals surface area (Å²) >= 11 is 6.17. The van der Waals surface area contributed by atoms with E-state index in [0.29, 0.717) is 0 Å². The van der Waals surface area contributed by atoms with Crippen molar-refractivity contribution in [3.05, 3.63) is 47.0 Å². The van der Waals surface area contributed by atoms with Gasteiger partial charge < -0.3 is 0 Å². The van der Waals surface area contributed by atoms with Crippen LogP contribution in [0.25, 0.3) is 0 Å². The van der Waals surface area contributed by atoms with Crippen LogP contribution in [0.1, 0.15) is 49.1 Å². The molecular weight excluding hydrogens is 216 g/mol. The highest BCUT2D eigenvalue weighted by atomic mass is 35.5. The Bertz CT molecular complexity index is 362. The van der Waals surface area contributed by atoms with E-state index >= 15 is 0 Å². The zero-order valence-electron chi connectivity index (χ0n) is 9.71. The second-order valence-electron chi connectivity index (χ2n) is 4.72. The highest BCUT2D eigenvalue weighted by Crippen LogP contribution is 2.34. The monoisotopic (exact) mass is 234 g/mol. The lowest BCUT2D eigenvalue weighted by Gasteiger charge is -2.22. The summed E-state index contributed by atoms with van der Waals surface area (Å²) in [6, 6.07) is 6.50. The first-order chi connectivity index (χ1) is 7.79. The van der Waals surface area contributed by atoms with Crippen LogP contribution in [0, 0.1) is 0 Å². The Hall–Kier alpha value is -0.750. The van der Waals surface area contributed by atoms with E-state index in [-0.39, 0.29) is 0 Å². The van der Waals surface area contributed by atoms with Gasteiger partial charge in [-0.15, -0.1) is 6.58 Å². The average Bonchev–Trinajstić information content (AvgIpc) is 2.30. The Labute approximate surface area is 103 Å². The summed E-state index contributed by atoms with van der Waals surface area (Å²) in [4.78, 5) is 0. The quantitative estimate of drug-likeness (QED) is 0.637. The fourth-order valence-electron chi connectivity index (χ4n) is 2.63. The van der Waals surface area contributed by atoms with Gasteiger partial charge in [-0.2, -0.15) is 0 Å². The van der Waals surface area contributed by atoms with E-state index in [1.807, 2.05) is 6.08 Å². The maximum atomic E-state index is 6.17. The van der Waals surface area contributed by atoms with Crippen LogP contribution >= 0.6 is 11.6 Å². The summed E-state index contributed by atoms with van der Waals surface area (Å²) in [6.07, 6.45) is 9.65. The van der Waals surface area contributed by atoms with Crippen LogP contribution in [0.15, 0.2) is 30.9 Å². The molecule has 0 radical (unpaired) electrons. The summed E-state index contributed by atoms with van der Waals surface area (Å²) in [5, 5.41) is 0.875. The van der Waals surface area contributed by atoms with Gasteiger partial charge in [-0.25, -0.2) is 0 Å². The summed E-state index contributed by atoms with van der Waals surface area (Å²) in [5.41, 5.74) is 2.73. The number of rotatable bonds is 3. The molecule has 0 saturated heterocycles. The first kappa shape index (κ1) is 11.7. The van der Waals surface area contributed by atoms with Crippen molar-refractivity contribution in [2.75, 3.05) is 0 Å². The van der Waals surface area contributed by atoms with Crippen LogP contribution in [-0.2, 0) is 6.42 Å². The Balaban J connectivity index is 2.21. The molecule has 0 atom stereocenters. The van der Waals surface area contributed by atoms with Crippen molar-refractivity contribution in [3.63, 3.8) is 0 Å². The van der Waals surface area contributed by atoms with Gasteiger partial charge >= 0.3 is 0 Å². The van der Waals surface area contributed by atoms with Crippen molar-refractivity contribution in [2.45, 2.75) is 44.4 Å². The zero-order valence-corrected chi connectivity index (χ0v) is 10.5. The third kappa shape index (κ3) is 2.89. The summed E-state index contributed by atoms with van der Waals surface area (Å²) < 4.78 is 0. The molecule has 1 aliphatic rings. The van der Waals surface area contributed by atoms with Gasteiger partial charge in [0.1, 0.15) is 0 Å². The molecule has 1 aliphatic carbocycles. The first-order valence-electron chi connectivity index (χ1n) is 6.20. The smallest absolute Gasteiger partial charge is 0.0411 e. The van der Waals surface area contributed by atoms with Crippen LogP contribution in [0.4, 0.5) is 0 Å². The summed E-state index contributed by atoms with van der Waals surface area (Å²) in [6.45, 7) is 3.78. The molecule has 1 heteroatoms. The molecule has 0 nitrogen and oxygen atoms in total. The fraction of sp³-hybridized carbons (Fsp3) is 0.467. The lowest BCUT2D eigenvalue weighted by Crippen LogP contribution is -2.05. The second-order valence-corrected chi connectivity index (χ2v) is 5.16. The minimum absolute atomic E-state index is 0.732. The molecule has 0 spiro atoms. The standard InChI is InChI=1S/C15H19Cl/c1-2-6-12-9-14(11-15(16)10-12)13-7-4-3-5-8-13/h2,9-11,13H,1,3-8H2. The number of hydrogen-bond acceptors (Lipinski definition) is 0. The minimum Gasteiger partial charge on any atom is -0.103 e. The van der Waals surface area contributed by atoms with Gasteiger partial charge in [-0.1, -0.05) is 43.0 Å². The molecule has 0 unspecified atom stereocenters. The molecule has 1 saturated carbocycles. The van der Waals surface area contributed by atoms with E-state index in [2.05, 4.69) is 24.8 Å². The van der Waals surface area contributed by atoms with Gasteiger partial charge in [0.25, 0.3) is 0 Å². The normalized spacial score (nSPS) is 17.3. The molecule has 1 aromatic rings. The summed E-state index contributed by atoms with van der Waals surface area (Å²) in [7, 11) is 0. The highest BCUT2D eigenvalue weighted by molar-refractivity contribution is 6.30. The minimum atomic E-state index is 0.732. The third-order valence-electron chi connectivity index (χ3n) is 3.44. The number of benzene rings is 1. The van der Waals surface area contributed by atoms with E-state index in [1.54, 1.807) is 0 Å². The van der Waals surface area contributed by atoms with Gasteiger partial charge in [-0.3, -0.25) is 0 Å². The van der Waals surface area contributed by atoms with Gasteiger partial charge in [0.2, 0.25) is 0 Å². The molecule has 0 aliphatic heterocycles. The van der Waals surface area contributed by atoms with Crippen LogP contribution < -0.4 is 0 Å². The molecule has 0 amide bonds. The first-order valence-corrected chi connectivity index (χ1v) is 6.57. The van der Waals surface area contributed by atoms with E-state index in [9.17, 15) is 0 Å². The topological polar surface area (TPSA) is 0 Å². The molecule has 0 aromatic heterocycles. The number of allylic oxidation sites excluding steroid dienone is 1. The predicted molar refractivity (Wildman–Crippen MR) is 71.2 cm³/mol. The van der Waals surface area contributed by atoms with Gasteiger partial charge in [0.05, 0.1) is 0 Å². The van der Waals surface area contributed by atoms with E-state index in [1.165, 1.54) is 43.2 Å². The molecular formula is C15H19Cl. The van der Waals surface area contributed by atoms with E-state index in [0.717, 1.165) is 17.4 Å². The lowest BCUT2D eigenvalue weighted by molar-refractivity contribution is 0.443. The summed E-state index contributed by atoms with van der Waals surface area (Å²) in [5.74, 6) is 0.732. The Morgan fingerprint density at radius 3 is 2.62 bits per heavy atom. The van der Waals surface area contributed by atoms with Crippen molar-refractivity contribution in [1.29, 1.82) is 0 Å². The largest absolute Gasteiger partial charge is 0.103 e. The zero-order chi connectivity index (χ0) is 11.4. The number of halogens is 1. The van der Waals surface area contributed by atoms with Crippen LogP contribution in [0.3, 0.4) is 0 Å². The average molecular weight is 235 g/mol. The molecule has 16 heavy (non-hydrogen) atoms. The van der Waals surface area contributed by atoms with Crippen LogP contribution in [0.5, 0.6) is 0 Å². The molecule has 1 aromatic carbocycles. The van der Waals surface area contributed by atoms with Gasteiger partial charge in [0.15, 0.2) is 0 Å². The van der Waals surface area contributed by atoms with Crippen molar-refractivity contribution in [1.82, 2.24) is 0 Å². The molecule has 0 bridgehead atoms. The SMILES string of the molecule is C=CCc1cc(Cl)cc(C2CCCCC2)c1. The van der Waals surface area contributed by atoms with Gasteiger partial charge in [0, 0.05) is 5.02 Å². The van der Waals surface area contributed by atoms with Gasteiger partial charge in [-0.05, 0) is 48.4 Å². The fourth-order valence-corrected chi connectivity index (χ4v) is 2.90. The molecule has 0 N–H and O–H groups in total. The van der Waals surface area contributed by atoms with Crippen molar-refractivity contribution >= 4 is 11.6 Å². The Morgan fingerprint density at radius 1 is 1.19 bits per heavy atom. The predicted octanol–water partition coefficient (Wildman–Crippen LogP) is 5.12. The van der Waals surface area contributed by atoms with Crippen molar-refractivity contribution in [3.8, 4) is 0 Å². The molecule has 1 fully saturated rings. The Morgan fingerprint density at radius 2 is 1.94 bits per heavy atom. The molecule has 86 valence electrons. The highest BCUT2D eigenvalue weighted by Gasteiger charge is 2.16. The maximum Gasteiger partial charge on any atom is 0.0411 e. The van der Waals surface area contributed by atoms with Crippen LogP contribution in [-0.4, -0.2) is 0 Å². The molecule has 2 rings (SSSR count). The lowest BCUT2D eigenvalue weighted by atomic mass is 9.83. The van der Waals surface area contributed by atoms with Crippen molar-refractivity contribution in [2.24, 2.45) is 0 Å². The van der Waals surface area contributed by atoms with E-state index < -0.39 is 0 Å². The number of hydrogen-bond donors (Lipinski definition) is 0.